The Bertz CT molecular complexity index is 1360. The van der Waals surface area contributed by atoms with Crippen LogP contribution in [0.1, 0.15) is 425 Å². The van der Waals surface area contributed by atoms with Gasteiger partial charge in [-0.05, 0) is 83.5 Å². The minimum absolute atomic E-state index is 0.0148. The van der Waals surface area contributed by atoms with Crippen molar-refractivity contribution in [1.82, 2.24) is 5.32 Å². The minimum Gasteiger partial charge on any atom is -0.466 e. The molecule has 0 aromatic carbocycles. The van der Waals surface area contributed by atoms with Crippen LogP contribution in [0.2, 0.25) is 0 Å². The molecule has 0 rings (SSSR count). The third-order valence-corrected chi connectivity index (χ3v) is 17.9. The van der Waals surface area contributed by atoms with Crippen molar-refractivity contribution in [2.45, 2.75) is 437 Å². The second kappa shape index (κ2) is 73.5. The molecule has 1 amide bonds. The molecule has 3 N–H and O–H groups in total. The lowest BCUT2D eigenvalue weighted by Gasteiger charge is -2.20. The van der Waals surface area contributed by atoms with Crippen molar-refractivity contribution < 1.29 is 24.5 Å². The third-order valence-electron chi connectivity index (χ3n) is 17.9. The average molecular weight is 1180 g/mol. The molecule has 0 aromatic heterocycles. The maximum atomic E-state index is 12.5. The molecule has 6 nitrogen and oxygen atoms in total. The van der Waals surface area contributed by atoms with Crippen molar-refractivity contribution in [3.05, 3.63) is 36.5 Å². The zero-order chi connectivity index (χ0) is 60.6. The number of nitrogens with one attached hydrogen (secondary N) is 1. The standard InChI is InChI=1S/C78H149NO5/c1-3-5-7-9-11-13-15-17-43-48-52-56-60-64-68-72-78(83)84-73-69-65-61-57-53-49-45-42-40-38-36-34-32-30-28-26-24-22-20-18-19-21-23-25-27-29-31-33-35-37-39-41-44-47-51-55-59-63-67-71-77(82)79-75(74-80)76(81)70-66-62-58-54-50-46-16-14-12-10-8-6-4-2/h17-19,43,66,70,75-76,80-81H,3-16,20-42,44-65,67-69,71-74H2,1-2H3,(H,79,82)/b19-18-,43-17-,70-66+. The summed E-state index contributed by atoms with van der Waals surface area (Å²) in [6.07, 6.45) is 95.6. The van der Waals surface area contributed by atoms with Gasteiger partial charge >= 0.3 is 5.97 Å². The largest absolute Gasteiger partial charge is 0.466 e. The molecule has 0 fully saturated rings. The monoisotopic (exact) mass is 1180 g/mol. The van der Waals surface area contributed by atoms with E-state index in [0.29, 0.717) is 19.4 Å². The average Bonchev–Trinajstić information content (AvgIpc) is 3.54. The summed E-state index contributed by atoms with van der Waals surface area (Å²) >= 11 is 0. The number of hydrogen-bond acceptors (Lipinski definition) is 5. The Hall–Kier alpha value is -1.92. The van der Waals surface area contributed by atoms with E-state index < -0.39 is 12.1 Å². The highest BCUT2D eigenvalue weighted by molar-refractivity contribution is 5.76. The lowest BCUT2D eigenvalue weighted by molar-refractivity contribution is -0.143. The van der Waals surface area contributed by atoms with Gasteiger partial charge in [0.1, 0.15) is 0 Å². The number of carbonyl (C=O) groups excluding carboxylic acids is 2. The van der Waals surface area contributed by atoms with Gasteiger partial charge in [0, 0.05) is 12.8 Å². The first-order chi connectivity index (χ1) is 41.5. The molecule has 0 heterocycles. The van der Waals surface area contributed by atoms with Gasteiger partial charge < -0.3 is 20.3 Å². The van der Waals surface area contributed by atoms with Crippen LogP contribution in [0.3, 0.4) is 0 Å². The smallest absolute Gasteiger partial charge is 0.305 e. The van der Waals surface area contributed by atoms with Gasteiger partial charge in [0.2, 0.25) is 5.91 Å². The maximum Gasteiger partial charge on any atom is 0.305 e. The van der Waals surface area contributed by atoms with E-state index in [0.717, 1.165) is 44.9 Å². The highest BCUT2D eigenvalue weighted by atomic mass is 16.5. The Morgan fingerprint density at radius 1 is 0.321 bits per heavy atom. The van der Waals surface area contributed by atoms with E-state index in [9.17, 15) is 19.8 Å². The normalized spacial score (nSPS) is 12.7. The first kappa shape index (κ1) is 82.1. The molecule has 2 atom stereocenters. The SMILES string of the molecule is CCCCCCCC/C=C\CCCCCCCC(=O)OCCCCCCCCCCCCCCCCCCCC/C=C\CCCCCCCCCCCCCCCCCCCC(=O)NC(CO)C(O)/C=C/CCCCCCCCCCCCC. The molecule has 2 unspecified atom stereocenters. The van der Waals surface area contributed by atoms with E-state index in [1.165, 1.54) is 353 Å². The fourth-order valence-electron chi connectivity index (χ4n) is 12.0. The van der Waals surface area contributed by atoms with Gasteiger partial charge in [-0.25, -0.2) is 0 Å². The number of ether oxygens (including phenoxy) is 1. The topological polar surface area (TPSA) is 95.9 Å². The molecule has 6 heteroatoms. The second-order valence-corrected chi connectivity index (χ2v) is 26.3. The molecule has 0 aliphatic heterocycles. The zero-order valence-electron chi connectivity index (χ0n) is 56.9. The van der Waals surface area contributed by atoms with Crippen molar-refractivity contribution >= 4 is 11.9 Å². The second-order valence-electron chi connectivity index (χ2n) is 26.3. The van der Waals surface area contributed by atoms with Gasteiger partial charge in [-0.1, -0.05) is 365 Å². The Labute approximate surface area is 525 Å². The highest BCUT2D eigenvalue weighted by Gasteiger charge is 2.18. The van der Waals surface area contributed by atoms with Gasteiger partial charge in [0.15, 0.2) is 0 Å². The van der Waals surface area contributed by atoms with Gasteiger partial charge in [0.05, 0.1) is 25.4 Å². The summed E-state index contributed by atoms with van der Waals surface area (Å²) < 4.78 is 5.50. The van der Waals surface area contributed by atoms with Gasteiger partial charge in [-0.15, -0.1) is 0 Å². The molecule has 0 bridgehead atoms. The number of rotatable bonds is 72. The van der Waals surface area contributed by atoms with Crippen molar-refractivity contribution in [2.24, 2.45) is 0 Å². The quantitative estimate of drug-likeness (QED) is 0.0320. The number of aliphatic hydroxyl groups is 2. The number of aliphatic hydroxyl groups excluding tert-OH is 2. The van der Waals surface area contributed by atoms with E-state index in [2.05, 4.69) is 43.5 Å². The molecular weight excluding hydrogens is 1030 g/mol. The summed E-state index contributed by atoms with van der Waals surface area (Å²) in [5, 5.41) is 23.1. The fraction of sp³-hybridized carbons (Fsp3) is 0.897. The Balaban J connectivity index is 3.32. The molecular formula is C78H149NO5. The molecule has 0 aliphatic carbocycles. The summed E-state index contributed by atoms with van der Waals surface area (Å²) in [7, 11) is 0. The number of amides is 1. The van der Waals surface area contributed by atoms with Crippen LogP contribution < -0.4 is 5.32 Å². The third kappa shape index (κ3) is 69.2. The molecule has 0 aliphatic rings. The molecule has 0 saturated carbocycles. The number of unbranched alkanes of at least 4 members (excludes halogenated alkanes) is 57. The number of allylic oxidation sites excluding steroid dienone is 5. The summed E-state index contributed by atoms with van der Waals surface area (Å²) in [5.41, 5.74) is 0. The summed E-state index contributed by atoms with van der Waals surface area (Å²) in [4.78, 5) is 24.6. The van der Waals surface area contributed by atoms with Crippen LogP contribution in [0.4, 0.5) is 0 Å². The van der Waals surface area contributed by atoms with Crippen LogP contribution in [-0.4, -0.2) is 47.4 Å². The summed E-state index contributed by atoms with van der Waals surface area (Å²) in [5.74, 6) is -0.0472. The zero-order valence-corrected chi connectivity index (χ0v) is 56.9. The van der Waals surface area contributed by atoms with Crippen molar-refractivity contribution in [3.8, 4) is 0 Å². The Morgan fingerprint density at radius 3 is 0.845 bits per heavy atom. The Morgan fingerprint density at radius 2 is 0.560 bits per heavy atom. The van der Waals surface area contributed by atoms with Crippen LogP contribution in [0.15, 0.2) is 36.5 Å². The minimum atomic E-state index is -0.840. The first-order valence-electron chi connectivity index (χ1n) is 38.3. The van der Waals surface area contributed by atoms with Crippen molar-refractivity contribution in [1.29, 1.82) is 0 Å². The number of carbonyl (C=O) groups is 2. The molecule has 0 radical (unpaired) electrons. The Kier molecular flexibility index (Phi) is 71.9. The van der Waals surface area contributed by atoms with E-state index in [4.69, 9.17) is 4.74 Å². The lowest BCUT2D eigenvalue weighted by Crippen LogP contribution is -2.45. The van der Waals surface area contributed by atoms with E-state index in [-0.39, 0.29) is 18.5 Å². The predicted molar refractivity (Wildman–Crippen MR) is 370 cm³/mol. The van der Waals surface area contributed by atoms with Crippen molar-refractivity contribution in [3.63, 3.8) is 0 Å². The summed E-state index contributed by atoms with van der Waals surface area (Å²) in [6.45, 7) is 4.92. The number of esters is 1. The van der Waals surface area contributed by atoms with Crippen LogP contribution in [0.25, 0.3) is 0 Å². The number of hydrogen-bond donors (Lipinski definition) is 3. The first-order valence-corrected chi connectivity index (χ1v) is 38.3. The predicted octanol–water partition coefficient (Wildman–Crippen LogP) is 25.0. The molecule has 0 spiro atoms. The molecule has 496 valence electrons. The van der Waals surface area contributed by atoms with Crippen LogP contribution in [0, 0.1) is 0 Å². The lowest BCUT2D eigenvalue weighted by atomic mass is 10.0. The van der Waals surface area contributed by atoms with Crippen LogP contribution in [0.5, 0.6) is 0 Å². The molecule has 0 saturated heterocycles. The summed E-state index contributed by atoms with van der Waals surface area (Å²) in [6, 6.07) is -0.624. The molecule has 84 heavy (non-hydrogen) atoms. The molecule has 0 aromatic rings. The van der Waals surface area contributed by atoms with Crippen LogP contribution in [-0.2, 0) is 14.3 Å². The van der Waals surface area contributed by atoms with E-state index in [1.807, 2.05) is 6.08 Å². The van der Waals surface area contributed by atoms with E-state index in [1.54, 1.807) is 6.08 Å². The van der Waals surface area contributed by atoms with E-state index >= 15 is 0 Å². The fourth-order valence-corrected chi connectivity index (χ4v) is 12.0. The van der Waals surface area contributed by atoms with Crippen LogP contribution >= 0.6 is 0 Å². The van der Waals surface area contributed by atoms with Crippen molar-refractivity contribution in [2.75, 3.05) is 13.2 Å². The van der Waals surface area contributed by atoms with Gasteiger partial charge in [-0.2, -0.15) is 0 Å². The highest BCUT2D eigenvalue weighted by Crippen LogP contribution is 2.19. The van der Waals surface area contributed by atoms with Gasteiger partial charge in [0.25, 0.3) is 0 Å². The maximum absolute atomic E-state index is 12.5. The van der Waals surface area contributed by atoms with Gasteiger partial charge in [-0.3, -0.25) is 9.59 Å².